The Morgan fingerprint density at radius 1 is 1.27 bits per heavy atom. The van der Waals surface area contributed by atoms with Crippen LogP contribution in [0.4, 0.5) is 4.79 Å². The summed E-state index contributed by atoms with van der Waals surface area (Å²) in [6.45, 7) is 11.1. The van der Waals surface area contributed by atoms with Crippen molar-refractivity contribution < 1.29 is 19.4 Å². The topological polar surface area (TPSA) is 70.1 Å². The second-order valence-corrected chi connectivity index (χ2v) is 7.55. The Bertz CT molecular complexity index is 436. The van der Waals surface area contributed by atoms with Crippen LogP contribution >= 0.6 is 0 Å². The molecule has 1 atom stereocenters. The minimum absolute atomic E-state index is 0.260. The molecule has 1 N–H and O–H groups in total. The molecule has 126 valence electrons. The zero-order valence-electron chi connectivity index (χ0n) is 14.1. The molecule has 2 saturated heterocycles. The lowest BCUT2D eigenvalue weighted by Crippen LogP contribution is -2.46. The highest BCUT2D eigenvalue weighted by atomic mass is 16.6. The van der Waals surface area contributed by atoms with Crippen LogP contribution < -0.4 is 0 Å². The summed E-state index contributed by atoms with van der Waals surface area (Å²) in [5.41, 5.74) is -0.856. The van der Waals surface area contributed by atoms with Gasteiger partial charge in [0.1, 0.15) is 5.60 Å². The number of rotatable bonds is 2. The molecule has 2 aliphatic rings. The highest BCUT2D eigenvalue weighted by Crippen LogP contribution is 2.45. The van der Waals surface area contributed by atoms with Crippen molar-refractivity contribution >= 4 is 12.1 Å². The molecule has 0 bridgehead atoms. The van der Waals surface area contributed by atoms with Gasteiger partial charge in [0.15, 0.2) is 0 Å². The number of hydrogen-bond donors (Lipinski definition) is 1. The number of carboxylic acids is 1. The van der Waals surface area contributed by atoms with E-state index in [0.29, 0.717) is 6.54 Å². The summed E-state index contributed by atoms with van der Waals surface area (Å²) in [5.74, 6) is -1.28. The normalized spacial score (nSPS) is 25.5. The largest absolute Gasteiger partial charge is 0.481 e. The summed E-state index contributed by atoms with van der Waals surface area (Å²) in [5, 5.41) is 9.59. The van der Waals surface area contributed by atoms with Crippen LogP contribution in [-0.4, -0.2) is 65.3 Å². The maximum Gasteiger partial charge on any atom is 0.410 e. The molecule has 0 aromatic carbocycles. The third-order valence-electron chi connectivity index (χ3n) is 4.90. The first-order chi connectivity index (χ1) is 10.2. The van der Waals surface area contributed by atoms with E-state index in [2.05, 4.69) is 11.8 Å². The number of carbonyl (C=O) groups excluding carboxylic acids is 1. The Morgan fingerprint density at radius 2 is 1.86 bits per heavy atom. The standard InChI is InChI=1S/C16H28N2O4/c1-5-17-8-6-16(7-9-17)11-18(10-12(16)13(19)20)14(21)22-15(2,3)4/h12H,5-11H2,1-4H3,(H,19,20). The molecule has 1 unspecified atom stereocenters. The first-order valence-corrected chi connectivity index (χ1v) is 8.10. The molecule has 2 heterocycles. The lowest BCUT2D eigenvalue weighted by Gasteiger charge is -2.41. The lowest BCUT2D eigenvalue weighted by molar-refractivity contribution is -0.145. The van der Waals surface area contributed by atoms with Crippen LogP contribution in [0.15, 0.2) is 0 Å². The molecule has 0 radical (unpaired) electrons. The quantitative estimate of drug-likeness (QED) is 0.845. The van der Waals surface area contributed by atoms with E-state index >= 15 is 0 Å². The third kappa shape index (κ3) is 3.54. The summed E-state index contributed by atoms with van der Waals surface area (Å²) in [4.78, 5) is 27.9. The van der Waals surface area contributed by atoms with Crippen molar-refractivity contribution in [3.63, 3.8) is 0 Å². The molecule has 1 amide bonds. The van der Waals surface area contributed by atoms with Gasteiger partial charge in [-0.15, -0.1) is 0 Å². The fourth-order valence-corrected chi connectivity index (χ4v) is 3.60. The van der Waals surface area contributed by atoms with Gasteiger partial charge in [0.05, 0.1) is 5.92 Å². The van der Waals surface area contributed by atoms with E-state index in [1.54, 1.807) is 4.90 Å². The molecule has 0 aromatic heterocycles. The number of carboxylic acid groups (broad SMARTS) is 1. The molecule has 0 saturated carbocycles. The minimum atomic E-state index is -0.795. The summed E-state index contributed by atoms with van der Waals surface area (Å²) >= 11 is 0. The first kappa shape index (κ1) is 17.1. The molecule has 22 heavy (non-hydrogen) atoms. The fraction of sp³-hybridized carbons (Fsp3) is 0.875. The summed E-state index contributed by atoms with van der Waals surface area (Å²) in [6.07, 6.45) is 1.27. The summed E-state index contributed by atoms with van der Waals surface area (Å²) in [6, 6.07) is 0. The van der Waals surface area contributed by atoms with Gasteiger partial charge in [-0.2, -0.15) is 0 Å². The molecule has 0 aromatic rings. The molecular weight excluding hydrogens is 284 g/mol. The van der Waals surface area contributed by atoms with Crippen LogP contribution in [0.5, 0.6) is 0 Å². The number of nitrogens with zero attached hydrogens (tertiary/aromatic N) is 2. The first-order valence-electron chi connectivity index (χ1n) is 8.10. The second kappa shape index (κ2) is 6.07. The van der Waals surface area contributed by atoms with Crippen LogP contribution in [0.25, 0.3) is 0 Å². The Kier molecular flexibility index (Phi) is 4.70. The fourth-order valence-electron chi connectivity index (χ4n) is 3.60. The van der Waals surface area contributed by atoms with Crippen molar-refractivity contribution in [2.45, 2.75) is 46.1 Å². The predicted molar refractivity (Wildman–Crippen MR) is 82.7 cm³/mol. The van der Waals surface area contributed by atoms with Crippen LogP contribution in [-0.2, 0) is 9.53 Å². The third-order valence-corrected chi connectivity index (χ3v) is 4.90. The molecule has 2 fully saturated rings. The van der Waals surface area contributed by atoms with Gasteiger partial charge in [0.25, 0.3) is 0 Å². The molecule has 1 spiro atoms. The Hall–Kier alpha value is -1.30. The van der Waals surface area contributed by atoms with Crippen LogP contribution in [0.1, 0.15) is 40.5 Å². The van der Waals surface area contributed by atoms with Gasteiger partial charge in [-0.05, 0) is 53.2 Å². The van der Waals surface area contributed by atoms with Crippen molar-refractivity contribution in [2.75, 3.05) is 32.7 Å². The van der Waals surface area contributed by atoms with E-state index < -0.39 is 23.6 Å². The van der Waals surface area contributed by atoms with Gasteiger partial charge in [-0.1, -0.05) is 6.92 Å². The van der Waals surface area contributed by atoms with E-state index in [0.717, 1.165) is 32.5 Å². The number of aliphatic carboxylic acids is 1. The van der Waals surface area contributed by atoms with Gasteiger partial charge in [0, 0.05) is 18.5 Å². The van der Waals surface area contributed by atoms with Crippen molar-refractivity contribution in [2.24, 2.45) is 11.3 Å². The Balaban J connectivity index is 2.10. The highest BCUT2D eigenvalue weighted by molar-refractivity contribution is 5.75. The van der Waals surface area contributed by atoms with Crippen molar-refractivity contribution in [1.82, 2.24) is 9.80 Å². The molecule has 2 rings (SSSR count). The molecule has 6 nitrogen and oxygen atoms in total. The van der Waals surface area contributed by atoms with Gasteiger partial charge in [-0.3, -0.25) is 4.79 Å². The number of amides is 1. The highest BCUT2D eigenvalue weighted by Gasteiger charge is 2.53. The SMILES string of the molecule is CCN1CCC2(CC1)CN(C(=O)OC(C)(C)C)CC2C(=O)O. The van der Waals surface area contributed by atoms with E-state index in [1.807, 2.05) is 20.8 Å². The lowest BCUT2D eigenvalue weighted by atomic mass is 9.71. The monoisotopic (exact) mass is 312 g/mol. The number of likely N-dealkylation sites (tertiary alicyclic amines) is 2. The zero-order valence-corrected chi connectivity index (χ0v) is 14.1. The van der Waals surface area contributed by atoms with Crippen LogP contribution in [0.2, 0.25) is 0 Å². The van der Waals surface area contributed by atoms with E-state index in [-0.39, 0.29) is 12.0 Å². The average molecular weight is 312 g/mol. The van der Waals surface area contributed by atoms with Gasteiger partial charge < -0.3 is 19.6 Å². The molecule has 0 aliphatic carbocycles. The van der Waals surface area contributed by atoms with Crippen LogP contribution in [0.3, 0.4) is 0 Å². The van der Waals surface area contributed by atoms with E-state index in [1.165, 1.54) is 0 Å². The number of carbonyl (C=O) groups is 2. The number of piperidine rings is 1. The van der Waals surface area contributed by atoms with Crippen LogP contribution in [0, 0.1) is 11.3 Å². The second-order valence-electron chi connectivity index (χ2n) is 7.55. The predicted octanol–water partition coefficient (Wildman–Crippen LogP) is 2.04. The van der Waals surface area contributed by atoms with Crippen molar-refractivity contribution in [1.29, 1.82) is 0 Å². The summed E-state index contributed by atoms with van der Waals surface area (Å²) in [7, 11) is 0. The Morgan fingerprint density at radius 3 is 2.32 bits per heavy atom. The molecule has 6 heteroatoms. The van der Waals surface area contributed by atoms with Gasteiger partial charge in [-0.25, -0.2) is 4.79 Å². The summed E-state index contributed by atoms with van der Waals surface area (Å²) < 4.78 is 5.41. The number of ether oxygens (including phenoxy) is 1. The Labute approximate surface area is 132 Å². The van der Waals surface area contributed by atoms with Crippen molar-refractivity contribution in [3.8, 4) is 0 Å². The molecule has 2 aliphatic heterocycles. The number of hydrogen-bond acceptors (Lipinski definition) is 4. The van der Waals surface area contributed by atoms with Gasteiger partial charge in [0.2, 0.25) is 0 Å². The van der Waals surface area contributed by atoms with Crippen molar-refractivity contribution in [3.05, 3.63) is 0 Å². The van der Waals surface area contributed by atoms with E-state index in [4.69, 9.17) is 4.74 Å². The smallest absolute Gasteiger partial charge is 0.410 e. The van der Waals surface area contributed by atoms with E-state index in [9.17, 15) is 14.7 Å². The average Bonchev–Trinajstić information content (AvgIpc) is 2.78. The zero-order chi connectivity index (χ0) is 16.5. The maximum absolute atomic E-state index is 12.3. The maximum atomic E-state index is 12.3. The molecular formula is C16H28N2O4. The minimum Gasteiger partial charge on any atom is -0.481 e. The van der Waals surface area contributed by atoms with Gasteiger partial charge >= 0.3 is 12.1 Å².